The first-order valence-corrected chi connectivity index (χ1v) is 6.86. The van der Waals surface area contributed by atoms with Crippen LogP contribution < -0.4 is 5.73 Å². The second-order valence-electron chi connectivity index (χ2n) is 3.80. The number of benzene rings is 1. The molecule has 0 aliphatic rings. The Balaban J connectivity index is 2.24. The Hall–Kier alpha value is -0.930. The number of thioether (sulfide) groups is 1. The Labute approximate surface area is 101 Å². The number of hydrogen-bond acceptors (Lipinski definition) is 2. The summed E-state index contributed by atoms with van der Waals surface area (Å²) in [6.07, 6.45) is 2.17. The Morgan fingerprint density at radius 3 is 2.94 bits per heavy atom. The number of aryl methyl sites for hydroxylation is 1. The van der Waals surface area contributed by atoms with Gasteiger partial charge in [0, 0.05) is 30.6 Å². The SMILES string of the molecule is CCSCCn1ccc2ccc(CN)cc21. The molecule has 16 heavy (non-hydrogen) atoms. The molecule has 0 spiro atoms. The van der Waals surface area contributed by atoms with E-state index in [-0.39, 0.29) is 0 Å². The Morgan fingerprint density at radius 2 is 2.19 bits per heavy atom. The number of hydrogen-bond donors (Lipinski definition) is 1. The highest BCUT2D eigenvalue weighted by Gasteiger charge is 2.01. The van der Waals surface area contributed by atoms with Gasteiger partial charge in [-0.25, -0.2) is 0 Å². The van der Waals surface area contributed by atoms with Gasteiger partial charge in [0.05, 0.1) is 0 Å². The zero-order chi connectivity index (χ0) is 11.4. The lowest BCUT2D eigenvalue weighted by Gasteiger charge is -2.05. The monoisotopic (exact) mass is 234 g/mol. The van der Waals surface area contributed by atoms with E-state index in [1.807, 2.05) is 11.8 Å². The van der Waals surface area contributed by atoms with Crippen molar-refractivity contribution in [3.63, 3.8) is 0 Å². The molecule has 1 aromatic carbocycles. The summed E-state index contributed by atoms with van der Waals surface area (Å²) < 4.78 is 2.32. The van der Waals surface area contributed by atoms with Gasteiger partial charge in [0.15, 0.2) is 0 Å². The molecule has 0 saturated heterocycles. The predicted octanol–water partition coefficient (Wildman–Crippen LogP) is 2.85. The lowest BCUT2D eigenvalue weighted by molar-refractivity contribution is 0.807. The van der Waals surface area contributed by atoms with Gasteiger partial charge >= 0.3 is 0 Å². The van der Waals surface area contributed by atoms with Gasteiger partial charge in [-0.15, -0.1) is 0 Å². The van der Waals surface area contributed by atoms with Gasteiger partial charge in [-0.3, -0.25) is 0 Å². The molecule has 0 unspecified atom stereocenters. The normalized spacial score (nSPS) is 11.1. The molecule has 0 radical (unpaired) electrons. The van der Waals surface area contributed by atoms with E-state index in [4.69, 9.17) is 5.73 Å². The van der Waals surface area contributed by atoms with Gasteiger partial charge in [-0.2, -0.15) is 11.8 Å². The molecule has 2 aromatic rings. The fourth-order valence-electron chi connectivity index (χ4n) is 1.86. The molecule has 2 N–H and O–H groups in total. The summed E-state index contributed by atoms with van der Waals surface area (Å²) in [4.78, 5) is 0. The number of nitrogens with zero attached hydrogens (tertiary/aromatic N) is 1. The quantitative estimate of drug-likeness (QED) is 0.806. The summed E-state index contributed by atoms with van der Waals surface area (Å²) in [6, 6.07) is 8.63. The minimum Gasteiger partial charge on any atom is -0.347 e. The molecule has 86 valence electrons. The maximum atomic E-state index is 5.67. The van der Waals surface area contributed by atoms with Gasteiger partial charge in [-0.1, -0.05) is 19.1 Å². The lowest BCUT2D eigenvalue weighted by atomic mass is 10.2. The van der Waals surface area contributed by atoms with Crippen LogP contribution in [0.1, 0.15) is 12.5 Å². The molecular weight excluding hydrogens is 216 g/mol. The van der Waals surface area contributed by atoms with E-state index in [9.17, 15) is 0 Å². The van der Waals surface area contributed by atoms with Gasteiger partial charge in [0.2, 0.25) is 0 Å². The van der Waals surface area contributed by atoms with Crippen LogP contribution in [0, 0.1) is 0 Å². The number of aromatic nitrogens is 1. The largest absolute Gasteiger partial charge is 0.347 e. The van der Waals surface area contributed by atoms with Crippen molar-refractivity contribution < 1.29 is 0 Å². The Kier molecular flexibility index (Phi) is 3.91. The molecule has 0 atom stereocenters. The Morgan fingerprint density at radius 1 is 1.31 bits per heavy atom. The third-order valence-electron chi connectivity index (χ3n) is 2.75. The van der Waals surface area contributed by atoms with Crippen molar-refractivity contribution in [1.82, 2.24) is 4.57 Å². The van der Waals surface area contributed by atoms with E-state index in [0.717, 1.165) is 6.54 Å². The smallest absolute Gasteiger partial charge is 0.0483 e. The third kappa shape index (κ3) is 2.42. The fraction of sp³-hybridized carbons (Fsp3) is 0.385. The Bertz CT molecular complexity index is 462. The van der Waals surface area contributed by atoms with Crippen molar-refractivity contribution in [1.29, 1.82) is 0 Å². The molecule has 0 bridgehead atoms. The van der Waals surface area contributed by atoms with Crippen molar-refractivity contribution in [2.45, 2.75) is 20.0 Å². The van der Waals surface area contributed by atoms with Crippen LogP contribution in [0.2, 0.25) is 0 Å². The second-order valence-corrected chi connectivity index (χ2v) is 5.20. The molecule has 0 aliphatic carbocycles. The summed E-state index contributed by atoms with van der Waals surface area (Å²) in [5.41, 5.74) is 8.18. The van der Waals surface area contributed by atoms with E-state index in [1.54, 1.807) is 0 Å². The second kappa shape index (κ2) is 5.41. The standard InChI is InChI=1S/C13H18N2S/c1-2-16-8-7-15-6-5-12-4-3-11(10-14)9-13(12)15/h3-6,9H,2,7-8,10,14H2,1H3. The minimum atomic E-state index is 0.616. The molecule has 0 saturated carbocycles. The van der Waals surface area contributed by atoms with Gasteiger partial charge in [0.25, 0.3) is 0 Å². The van der Waals surface area contributed by atoms with E-state index < -0.39 is 0 Å². The molecule has 2 rings (SSSR count). The predicted molar refractivity (Wildman–Crippen MR) is 72.8 cm³/mol. The highest BCUT2D eigenvalue weighted by molar-refractivity contribution is 7.99. The van der Waals surface area contributed by atoms with Gasteiger partial charge in [-0.05, 0) is 28.8 Å². The number of rotatable bonds is 5. The molecule has 0 amide bonds. The zero-order valence-electron chi connectivity index (χ0n) is 9.65. The highest BCUT2D eigenvalue weighted by atomic mass is 32.2. The first-order chi connectivity index (χ1) is 7.85. The molecule has 3 heteroatoms. The van der Waals surface area contributed by atoms with E-state index in [1.165, 1.54) is 28.0 Å². The lowest BCUT2D eigenvalue weighted by Crippen LogP contribution is -2.00. The van der Waals surface area contributed by atoms with Crippen LogP contribution in [-0.2, 0) is 13.1 Å². The molecular formula is C13H18N2S. The zero-order valence-corrected chi connectivity index (χ0v) is 10.5. The fourth-order valence-corrected chi connectivity index (χ4v) is 2.47. The number of nitrogens with two attached hydrogens (primary N) is 1. The van der Waals surface area contributed by atoms with Crippen molar-refractivity contribution >= 4 is 22.7 Å². The maximum absolute atomic E-state index is 5.67. The molecule has 1 aromatic heterocycles. The van der Waals surface area contributed by atoms with Crippen LogP contribution in [0.15, 0.2) is 30.5 Å². The summed E-state index contributed by atoms with van der Waals surface area (Å²) in [5.74, 6) is 2.36. The third-order valence-corrected chi connectivity index (χ3v) is 3.63. The molecule has 1 heterocycles. The van der Waals surface area contributed by atoms with Crippen LogP contribution in [-0.4, -0.2) is 16.1 Å². The average molecular weight is 234 g/mol. The van der Waals surface area contributed by atoms with E-state index in [0.29, 0.717) is 6.54 Å². The van der Waals surface area contributed by atoms with Crippen LogP contribution in [0.3, 0.4) is 0 Å². The minimum absolute atomic E-state index is 0.616. The van der Waals surface area contributed by atoms with Crippen molar-refractivity contribution in [2.75, 3.05) is 11.5 Å². The summed E-state index contributed by atoms with van der Waals surface area (Å²) in [7, 11) is 0. The van der Waals surface area contributed by atoms with Crippen LogP contribution in [0.25, 0.3) is 10.9 Å². The van der Waals surface area contributed by atoms with Crippen LogP contribution in [0.4, 0.5) is 0 Å². The van der Waals surface area contributed by atoms with E-state index >= 15 is 0 Å². The average Bonchev–Trinajstić information content (AvgIpc) is 2.72. The maximum Gasteiger partial charge on any atom is 0.0483 e. The van der Waals surface area contributed by atoms with Crippen molar-refractivity contribution in [3.05, 3.63) is 36.0 Å². The highest BCUT2D eigenvalue weighted by Crippen LogP contribution is 2.18. The topological polar surface area (TPSA) is 30.9 Å². The molecule has 2 nitrogen and oxygen atoms in total. The molecule has 0 aliphatic heterocycles. The van der Waals surface area contributed by atoms with E-state index in [2.05, 4.69) is 42.0 Å². The molecule has 0 fully saturated rings. The van der Waals surface area contributed by atoms with Crippen molar-refractivity contribution in [2.24, 2.45) is 5.73 Å². The first kappa shape index (κ1) is 11.6. The summed E-state index contributed by atoms with van der Waals surface area (Å²) >= 11 is 1.98. The summed E-state index contributed by atoms with van der Waals surface area (Å²) in [6.45, 7) is 3.89. The van der Waals surface area contributed by atoms with Crippen LogP contribution >= 0.6 is 11.8 Å². The number of fused-ring (bicyclic) bond motifs is 1. The van der Waals surface area contributed by atoms with Gasteiger partial charge < -0.3 is 10.3 Å². The first-order valence-electron chi connectivity index (χ1n) is 5.70. The summed E-state index contributed by atoms with van der Waals surface area (Å²) in [5, 5.41) is 1.30. The van der Waals surface area contributed by atoms with Gasteiger partial charge in [0.1, 0.15) is 0 Å². The van der Waals surface area contributed by atoms with Crippen molar-refractivity contribution in [3.8, 4) is 0 Å². The van der Waals surface area contributed by atoms with Crippen LogP contribution in [0.5, 0.6) is 0 Å².